The van der Waals surface area contributed by atoms with Gasteiger partial charge in [0.25, 0.3) is 0 Å². The van der Waals surface area contributed by atoms with Crippen molar-refractivity contribution >= 4 is 5.97 Å². The molecule has 0 saturated heterocycles. The highest BCUT2D eigenvalue weighted by Crippen LogP contribution is 2.19. The van der Waals surface area contributed by atoms with Crippen LogP contribution in [0.15, 0.2) is 24.3 Å². The quantitative estimate of drug-likeness (QED) is 0.750. The fourth-order valence-corrected chi connectivity index (χ4v) is 2.11. The molecule has 1 aromatic rings. The standard InChI is InChI=1S/C15H21F2NO3/c1-4-18-15(2,13(19)20-3)10-9-11-5-7-12(8-6-11)21-14(16)17/h5-8,14,18H,4,9-10H2,1-3H3. The number of rotatable bonds is 8. The molecule has 0 bridgehead atoms. The number of halogens is 2. The lowest BCUT2D eigenvalue weighted by atomic mass is 9.93. The maximum absolute atomic E-state index is 12.1. The smallest absolute Gasteiger partial charge is 0.387 e. The average Bonchev–Trinajstić information content (AvgIpc) is 2.45. The number of nitrogens with one attached hydrogen (secondary N) is 1. The fourth-order valence-electron chi connectivity index (χ4n) is 2.11. The highest BCUT2D eigenvalue weighted by molar-refractivity contribution is 5.80. The second kappa shape index (κ2) is 7.93. The van der Waals surface area contributed by atoms with Gasteiger partial charge in [-0.3, -0.25) is 4.79 Å². The third kappa shape index (κ3) is 5.30. The van der Waals surface area contributed by atoms with Crippen molar-refractivity contribution in [1.82, 2.24) is 5.32 Å². The first-order chi connectivity index (χ1) is 9.91. The van der Waals surface area contributed by atoms with Gasteiger partial charge in [-0.1, -0.05) is 19.1 Å². The molecule has 6 heteroatoms. The minimum atomic E-state index is -2.83. The second-order valence-electron chi connectivity index (χ2n) is 4.88. The van der Waals surface area contributed by atoms with Crippen LogP contribution in [0.25, 0.3) is 0 Å². The zero-order valence-electron chi connectivity index (χ0n) is 12.5. The van der Waals surface area contributed by atoms with Crippen molar-refractivity contribution in [2.75, 3.05) is 13.7 Å². The molecule has 0 saturated carbocycles. The molecule has 1 aromatic carbocycles. The molecule has 0 heterocycles. The van der Waals surface area contributed by atoms with Gasteiger partial charge in [0.1, 0.15) is 11.3 Å². The molecule has 0 fully saturated rings. The lowest BCUT2D eigenvalue weighted by molar-refractivity contribution is -0.148. The predicted octanol–water partition coefficient (Wildman–Crippen LogP) is 2.76. The first kappa shape index (κ1) is 17.4. The molecule has 1 rings (SSSR count). The van der Waals surface area contributed by atoms with Gasteiger partial charge >= 0.3 is 12.6 Å². The van der Waals surface area contributed by atoms with E-state index in [0.29, 0.717) is 19.4 Å². The molecule has 0 radical (unpaired) electrons. The Balaban J connectivity index is 2.65. The fraction of sp³-hybridized carbons (Fsp3) is 0.533. The Kier molecular flexibility index (Phi) is 6.55. The summed E-state index contributed by atoms with van der Waals surface area (Å²) in [5, 5.41) is 3.12. The molecule has 1 unspecified atom stereocenters. The van der Waals surface area contributed by atoms with Crippen molar-refractivity contribution in [2.45, 2.75) is 38.8 Å². The van der Waals surface area contributed by atoms with E-state index in [1.165, 1.54) is 19.2 Å². The lowest BCUT2D eigenvalue weighted by Gasteiger charge is -2.27. The molecular formula is C15H21F2NO3. The van der Waals surface area contributed by atoms with Crippen LogP contribution in [-0.4, -0.2) is 31.8 Å². The van der Waals surface area contributed by atoms with Gasteiger partial charge in [-0.25, -0.2) is 0 Å². The largest absolute Gasteiger partial charge is 0.468 e. The van der Waals surface area contributed by atoms with Crippen LogP contribution in [0, 0.1) is 0 Å². The molecular weight excluding hydrogens is 280 g/mol. The van der Waals surface area contributed by atoms with Gasteiger partial charge in [-0.15, -0.1) is 0 Å². The highest BCUT2D eigenvalue weighted by atomic mass is 19.3. The topological polar surface area (TPSA) is 47.6 Å². The second-order valence-corrected chi connectivity index (χ2v) is 4.88. The summed E-state index contributed by atoms with van der Waals surface area (Å²) in [5.41, 5.74) is 0.173. The number of ether oxygens (including phenoxy) is 2. The summed E-state index contributed by atoms with van der Waals surface area (Å²) in [6, 6.07) is 6.40. The van der Waals surface area contributed by atoms with E-state index in [-0.39, 0.29) is 11.7 Å². The maximum atomic E-state index is 12.1. The number of hydrogen-bond donors (Lipinski definition) is 1. The molecule has 118 valence electrons. The molecule has 0 aliphatic heterocycles. The van der Waals surface area contributed by atoms with Crippen LogP contribution in [0.5, 0.6) is 5.75 Å². The molecule has 0 aliphatic carbocycles. The summed E-state index contributed by atoms with van der Waals surface area (Å²) in [6.45, 7) is 1.52. The van der Waals surface area contributed by atoms with Crippen LogP contribution >= 0.6 is 0 Å². The number of benzene rings is 1. The van der Waals surface area contributed by atoms with E-state index in [2.05, 4.69) is 10.1 Å². The number of carbonyl (C=O) groups excluding carboxylic acids is 1. The molecule has 21 heavy (non-hydrogen) atoms. The van der Waals surface area contributed by atoms with Crippen LogP contribution in [-0.2, 0) is 16.0 Å². The number of likely N-dealkylation sites (N-methyl/N-ethyl adjacent to an activating group) is 1. The zero-order chi connectivity index (χ0) is 15.9. The van der Waals surface area contributed by atoms with Crippen molar-refractivity contribution in [1.29, 1.82) is 0 Å². The van der Waals surface area contributed by atoms with E-state index in [1.54, 1.807) is 19.1 Å². The van der Waals surface area contributed by atoms with E-state index in [1.807, 2.05) is 6.92 Å². The first-order valence-electron chi connectivity index (χ1n) is 6.78. The molecule has 0 spiro atoms. The van der Waals surface area contributed by atoms with Crippen molar-refractivity contribution in [3.8, 4) is 5.75 Å². The molecule has 0 aliphatic rings. The molecule has 0 amide bonds. The van der Waals surface area contributed by atoms with Crippen molar-refractivity contribution in [3.05, 3.63) is 29.8 Å². The van der Waals surface area contributed by atoms with Crippen LogP contribution in [0.2, 0.25) is 0 Å². The lowest BCUT2D eigenvalue weighted by Crippen LogP contribution is -2.50. The van der Waals surface area contributed by atoms with Crippen LogP contribution < -0.4 is 10.1 Å². The van der Waals surface area contributed by atoms with Crippen molar-refractivity contribution in [2.24, 2.45) is 0 Å². The number of carbonyl (C=O) groups is 1. The minimum absolute atomic E-state index is 0.121. The number of esters is 1. The van der Waals surface area contributed by atoms with E-state index in [9.17, 15) is 13.6 Å². The van der Waals surface area contributed by atoms with Gasteiger partial charge in [-0.05, 0) is 44.0 Å². The third-order valence-corrected chi connectivity index (χ3v) is 3.27. The predicted molar refractivity (Wildman–Crippen MR) is 75.5 cm³/mol. The van der Waals surface area contributed by atoms with Crippen LogP contribution in [0.4, 0.5) is 8.78 Å². The number of methoxy groups -OCH3 is 1. The van der Waals surface area contributed by atoms with Gasteiger partial charge in [0.15, 0.2) is 0 Å². The molecule has 1 N–H and O–H groups in total. The van der Waals surface area contributed by atoms with E-state index >= 15 is 0 Å². The molecule has 4 nitrogen and oxygen atoms in total. The Morgan fingerprint density at radius 2 is 1.95 bits per heavy atom. The maximum Gasteiger partial charge on any atom is 0.387 e. The van der Waals surface area contributed by atoms with Gasteiger partial charge in [0, 0.05) is 0 Å². The Hall–Kier alpha value is -1.69. The summed E-state index contributed by atoms with van der Waals surface area (Å²) in [5.74, 6) is -0.196. The first-order valence-corrected chi connectivity index (χ1v) is 6.78. The summed E-state index contributed by atoms with van der Waals surface area (Å²) in [4.78, 5) is 11.8. The Bertz CT molecular complexity index is 451. The van der Waals surface area contributed by atoms with Gasteiger partial charge in [-0.2, -0.15) is 8.78 Å². The van der Waals surface area contributed by atoms with Gasteiger partial charge in [0.05, 0.1) is 7.11 Å². The number of alkyl halides is 2. The van der Waals surface area contributed by atoms with E-state index < -0.39 is 12.2 Å². The zero-order valence-corrected chi connectivity index (χ0v) is 12.5. The minimum Gasteiger partial charge on any atom is -0.468 e. The number of hydrogen-bond acceptors (Lipinski definition) is 4. The van der Waals surface area contributed by atoms with Crippen LogP contribution in [0.1, 0.15) is 25.8 Å². The normalized spacial score (nSPS) is 13.8. The van der Waals surface area contributed by atoms with Crippen molar-refractivity contribution in [3.63, 3.8) is 0 Å². The monoisotopic (exact) mass is 301 g/mol. The Morgan fingerprint density at radius 1 is 1.33 bits per heavy atom. The number of aryl methyl sites for hydroxylation is 1. The Morgan fingerprint density at radius 3 is 2.43 bits per heavy atom. The SMILES string of the molecule is CCNC(C)(CCc1ccc(OC(F)F)cc1)C(=O)OC. The summed E-state index contributed by atoms with van der Waals surface area (Å²) < 4.78 is 33.2. The highest BCUT2D eigenvalue weighted by Gasteiger charge is 2.32. The molecule has 0 aromatic heterocycles. The van der Waals surface area contributed by atoms with E-state index in [0.717, 1.165) is 5.56 Å². The van der Waals surface area contributed by atoms with Crippen LogP contribution in [0.3, 0.4) is 0 Å². The molecule has 1 atom stereocenters. The van der Waals surface area contributed by atoms with Gasteiger partial charge < -0.3 is 14.8 Å². The Labute approximate surface area is 123 Å². The van der Waals surface area contributed by atoms with Crippen molar-refractivity contribution < 1.29 is 23.0 Å². The summed E-state index contributed by atoms with van der Waals surface area (Å²) >= 11 is 0. The summed E-state index contributed by atoms with van der Waals surface area (Å²) in [6.07, 6.45) is 1.16. The van der Waals surface area contributed by atoms with E-state index in [4.69, 9.17) is 4.74 Å². The third-order valence-electron chi connectivity index (χ3n) is 3.27. The summed E-state index contributed by atoms with van der Waals surface area (Å²) in [7, 11) is 1.36. The van der Waals surface area contributed by atoms with Gasteiger partial charge in [0.2, 0.25) is 0 Å². The average molecular weight is 301 g/mol.